The smallest absolute Gasteiger partial charge is 0.221 e. The van der Waals surface area contributed by atoms with Gasteiger partial charge in [0, 0.05) is 0 Å². The van der Waals surface area contributed by atoms with Crippen molar-refractivity contribution in [1.29, 1.82) is 0 Å². The summed E-state index contributed by atoms with van der Waals surface area (Å²) in [6, 6.07) is 0. The van der Waals surface area contributed by atoms with Gasteiger partial charge in [0.15, 0.2) is 0 Å². The SMILES string of the molecule is C=C(C)C#CC(CC(C)C)O[Si](C)(C)C(Cl)Cl. The van der Waals surface area contributed by atoms with E-state index >= 15 is 0 Å². The molecule has 0 rings (SSSR count). The van der Waals surface area contributed by atoms with E-state index in [1.54, 1.807) is 0 Å². The van der Waals surface area contributed by atoms with E-state index in [1.807, 2.05) is 20.0 Å². The third-order valence-corrected chi connectivity index (χ3v) is 7.20. The van der Waals surface area contributed by atoms with Gasteiger partial charge in [-0.05, 0) is 37.9 Å². The molecule has 1 unspecified atom stereocenters. The molecule has 0 aliphatic heterocycles. The average molecular weight is 293 g/mol. The summed E-state index contributed by atoms with van der Waals surface area (Å²) in [6.45, 7) is 14.0. The second-order valence-electron chi connectivity index (χ2n) is 5.19. The van der Waals surface area contributed by atoms with Crippen LogP contribution in [0.5, 0.6) is 0 Å². The fraction of sp³-hybridized carbons (Fsp3) is 0.692. The molecule has 4 heteroatoms. The van der Waals surface area contributed by atoms with Crippen molar-refractivity contribution in [2.75, 3.05) is 0 Å². The first-order chi connectivity index (χ1) is 7.65. The first-order valence-electron chi connectivity index (χ1n) is 5.78. The van der Waals surface area contributed by atoms with E-state index in [0.29, 0.717) is 5.92 Å². The van der Waals surface area contributed by atoms with E-state index < -0.39 is 12.8 Å². The lowest BCUT2D eigenvalue weighted by molar-refractivity contribution is 0.220. The van der Waals surface area contributed by atoms with Crippen LogP contribution in [0.2, 0.25) is 13.1 Å². The second-order valence-corrected chi connectivity index (χ2v) is 11.0. The number of allylic oxidation sites excluding steroid dienone is 1. The van der Waals surface area contributed by atoms with Crippen molar-refractivity contribution in [2.24, 2.45) is 5.92 Å². The van der Waals surface area contributed by atoms with Crippen LogP contribution in [0.25, 0.3) is 0 Å². The van der Waals surface area contributed by atoms with E-state index in [4.69, 9.17) is 27.6 Å². The quantitative estimate of drug-likeness (QED) is 0.410. The van der Waals surface area contributed by atoms with Crippen LogP contribution in [0.1, 0.15) is 27.2 Å². The molecule has 0 aromatic rings. The van der Waals surface area contributed by atoms with Crippen molar-refractivity contribution in [1.82, 2.24) is 0 Å². The van der Waals surface area contributed by atoms with Crippen LogP contribution in [0.4, 0.5) is 0 Å². The third kappa shape index (κ3) is 7.89. The number of hydrogen-bond acceptors (Lipinski definition) is 1. The number of rotatable bonds is 5. The molecule has 0 heterocycles. The van der Waals surface area contributed by atoms with Gasteiger partial charge in [-0.25, -0.2) is 0 Å². The van der Waals surface area contributed by atoms with Gasteiger partial charge < -0.3 is 4.43 Å². The molecule has 0 radical (unpaired) electrons. The summed E-state index contributed by atoms with van der Waals surface area (Å²) in [7, 11) is -2.08. The topological polar surface area (TPSA) is 9.23 Å². The number of hydrogen-bond donors (Lipinski definition) is 0. The summed E-state index contributed by atoms with van der Waals surface area (Å²) in [5, 5.41) is 0. The molecule has 0 aliphatic rings. The van der Waals surface area contributed by atoms with Crippen molar-refractivity contribution in [3.05, 3.63) is 12.2 Å². The molecule has 0 spiro atoms. The molecular weight excluding hydrogens is 271 g/mol. The van der Waals surface area contributed by atoms with E-state index in [2.05, 4.69) is 32.3 Å². The number of alkyl halides is 2. The summed E-state index contributed by atoms with van der Waals surface area (Å²) in [4.78, 5) is 0. The highest BCUT2D eigenvalue weighted by Crippen LogP contribution is 2.23. The molecule has 0 bridgehead atoms. The Bertz CT molecular complexity index is 313. The minimum Gasteiger partial charge on any atom is -0.401 e. The summed E-state index contributed by atoms with van der Waals surface area (Å²) in [6.07, 6.45) is 0.783. The average Bonchev–Trinajstić information content (AvgIpc) is 2.12. The molecule has 0 N–H and O–H groups in total. The molecule has 0 aromatic heterocycles. The Morgan fingerprint density at radius 2 is 1.88 bits per heavy atom. The first-order valence-corrected chi connectivity index (χ1v) is 9.64. The minimum absolute atomic E-state index is 0.103. The highest BCUT2D eigenvalue weighted by molar-refractivity contribution is 6.88. The Morgan fingerprint density at radius 3 is 2.24 bits per heavy atom. The van der Waals surface area contributed by atoms with Crippen LogP contribution >= 0.6 is 23.2 Å². The Morgan fingerprint density at radius 1 is 1.35 bits per heavy atom. The lowest BCUT2D eigenvalue weighted by atomic mass is 10.1. The van der Waals surface area contributed by atoms with Gasteiger partial charge in [-0.2, -0.15) is 0 Å². The van der Waals surface area contributed by atoms with Crippen LogP contribution in [-0.4, -0.2) is 18.9 Å². The molecule has 0 fully saturated rings. The molecule has 98 valence electrons. The maximum absolute atomic E-state index is 6.02. The van der Waals surface area contributed by atoms with Gasteiger partial charge in [-0.15, -0.1) is 23.2 Å². The molecule has 0 amide bonds. The molecule has 0 saturated heterocycles. The molecule has 1 atom stereocenters. The predicted molar refractivity (Wildman–Crippen MR) is 79.9 cm³/mol. The van der Waals surface area contributed by atoms with Crippen molar-refractivity contribution in [3.8, 4) is 11.8 Å². The van der Waals surface area contributed by atoms with Gasteiger partial charge in [0.1, 0.15) is 10.6 Å². The zero-order valence-corrected chi connectivity index (χ0v) is 13.8. The molecule has 0 saturated carbocycles. The van der Waals surface area contributed by atoms with E-state index in [9.17, 15) is 0 Å². The fourth-order valence-electron chi connectivity index (χ4n) is 1.19. The number of halogens is 2. The normalized spacial score (nSPS) is 13.5. The van der Waals surface area contributed by atoms with Gasteiger partial charge >= 0.3 is 0 Å². The summed E-state index contributed by atoms with van der Waals surface area (Å²) in [5.41, 5.74) is 0.843. The Labute approximate surface area is 117 Å². The largest absolute Gasteiger partial charge is 0.401 e. The van der Waals surface area contributed by atoms with E-state index in [-0.39, 0.29) is 6.10 Å². The van der Waals surface area contributed by atoms with Crippen molar-refractivity contribution in [2.45, 2.75) is 50.8 Å². The summed E-state index contributed by atoms with van der Waals surface area (Å²) >= 11 is 11.9. The van der Waals surface area contributed by atoms with Gasteiger partial charge in [0.05, 0.1) is 0 Å². The molecule has 17 heavy (non-hydrogen) atoms. The Hall–Kier alpha value is 0.0569. The summed E-state index contributed by atoms with van der Waals surface area (Å²) in [5.74, 6) is 6.61. The fourth-order valence-corrected chi connectivity index (χ4v) is 2.49. The van der Waals surface area contributed by atoms with Crippen LogP contribution in [-0.2, 0) is 4.43 Å². The molecule has 0 aliphatic carbocycles. The van der Waals surface area contributed by atoms with E-state index in [0.717, 1.165) is 12.0 Å². The first kappa shape index (κ1) is 17.1. The van der Waals surface area contributed by atoms with Crippen LogP contribution in [0.15, 0.2) is 12.2 Å². The predicted octanol–water partition coefficient (Wildman–Crippen LogP) is 4.55. The van der Waals surface area contributed by atoms with Crippen LogP contribution in [0.3, 0.4) is 0 Å². The Balaban J connectivity index is 4.72. The van der Waals surface area contributed by atoms with Crippen molar-refractivity contribution < 1.29 is 4.43 Å². The van der Waals surface area contributed by atoms with Gasteiger partial charge in [-0.1, -0.05) is 32.3 Å². The molecule has 0 aromatic carbocycles. The lowest BCUT2D eigenvalue weighted by Gasteiger charge is -2.28. The standard InChI is InChI=1S/C13H22Cl2OSi/c1-10(2)7-8-12(9-11(3)4)16-17(5,6)13(14)15/h11-13H,1,9H2,2-6H3. The second kappa shape index (κ2) is 7.48. The Kier molecular flexibility index (Phi) is 7.51. The van der Waals surface area contributed by atoms with Gasteiger partial charge in [0.25, 0.3) is 0 Å². The van der Waals surface area contributed by atoms with Crippen molar-refractivity contribution >= 4 is 31.5 Å². The highest BCUT2D eigenvalue weighted by atomic mass is 35.5. The monoisotopic (exact) mass is 292 g/mol. The summed E-state index contributed by atoms with van der Waals surface area (Å²) < 4.78 is 5.58. The van der Waals surface area contributed by atoms with Gasteiger partial charge in [0.2, 0.25) is 8.32 Å². The maximum Gasteiger partial charge on any atom is 0.221 e. The maximum atomic E-state index is 6.02. The van der Waals surface area contributed by atoms with E-state index in [1.165, 1.54) is 0 Å². The third-order valence-electron chi connectivity index (χ3n) is 2.10. The lowest BCUT2D eigenvalue weighted by Crippen LogP contribution is -2.42. The van der Waals surface area contributed by atoms with Crippen LogP contribution in [0, 0.1) is 17.8 Å². The van der Waals surface area contributed by atoms with Crippen molar-refractivity contribution in [3.63, 3.8) is 0 Å². The van der Waals surface area contributed by atoms with Crippen LogP contribution < -0.4 is 0 Å². The zero-order valence-electron chi connectivity index (χ0n) is 11.3. The zero-order chi connectivity index (χ0) is 13.6. The highest BCUT2D eigenvalue weighted by Gasteiger charge is 2.33. The molecular formula is C13H22Cl2OSi. The molecule has 1 nitrogen and oxygen atoms in total. The minimum atomic E-state index is -2.08. The van der Waals surface area contributed by atoms with Gasteiger partial charge in [-0.3, -0.25) is 0 Å².